The zero-order valence-corrected chi connectivity index (χ0v) is 19.3. The smallest absolute Gasteiger partial charge is 0.233 e. The summed E-state index contributed by atoms with van der Waals surface area (Å²) in [6.07, 6.45) is -0.263. The van der Waals surface area contributed by atoms with E-state index in [4.69, 9.17) is 21.1 Å². The minimum absolute atomic E-state index is 0.0495. The highest BCUT2D eigenvalue weighted by molar-refractivity contribution is 8.01. The van der Waals surface area contributed by atoms with Gasteiger partial charge < -0.3 is 14.4 Å². The molecule has 31 heavy (non-hydrogen) atoms. The van der Waals surface area contributed by atoms with Crippen molar-refractivity contribution in [2.75, 3.05) is 32.1 Å². The van der Waals surface area contributed by atoms with Gasteiger partial charge >= 0.3 is 0 Å². The summed E-state index contributed by atoms with van der Waals surface area (Å²) in [7, 11) is 0. The molecule has 2 heterocycles. The zero-order chi connectivity index (χ0) is 21.8. The molecule has 1 fully saturated rings. The van der Waals surface area contributed by atoms with Crippen LogP contribution >= 0.6 is 34.7 Å². The highest BCUT2D eigenvalue weighted by atomic mass is 35.5. The predicted molar refractivity (Wildman–Crippen MR) is 124 cm³/mol. The number of Topliss-reactive ketones (excluding diaryl/α,β-unsaturated/α-hetero) is 1. The van der Waals surface area contributed by atoms with Crippen LogP contribution in [0, 0.1) is 0 Å². The van der Waals surface area contributed by atoms with Gasteiger partial charge in [0.05, 0.1) is 34.7 Å². The second kappa shape index (κ2) is 9.99. The summed E-state index contributed by atoms with van der Waals surface area (Å²) < 4.78 is 13.6. The summed E-state index contributed by atoms with van der Waals surface area (Å²) in [5.74, 6) is 0.730. The molecule has 1 unspecified atom stereocenters. The van der Waals surface area contributed by atoms with E-state index in [1.807, 2.05) is 24.3 Å². The van der Waals surface area contributed by atoms with Gasteiger partial charge in [0, 0.05) is 11.6 Å². The molecule has 1 aliphatic rings. The molecular weight excluding hydrogens is 456 g/mol. The van der Waals surface area contributed by atoms with E-state index in [-0.39, 0.29) is 24.4 Å². The molecule has 0 N–H and O–H groups in total. The summed E-state index contributed by atoms with van der Waals surface area (Å²) in [6.45, 7) is 3.17. The van der Waals surface area contributed by atoms with Gasteiger partial charge in [-0.1, -0.05) is 35.5 Å². The number of fused-ring (bicyclic) bond motifs is 1. The fourth-order valence-electron chi connectivity index (χ4n) is 3.26. The lowest BCUT2D eigenvalue weighted by Crippen LogP contribution is -2.48. The normalized spacial score (nSPS) is 16.5. The van der Waals surface area contributed by atoms with Crippen LogP contribution in [-0.2, 0) is 9.53 Å². The van der Waals surface area contributed by atoms with E-state index < -0.39 is 0 Å². The lowest BCUT2D eigenvalue weighted by molar-refractivity contribution is -0.137. The number of ether oxygens (including phenoxy) is 2. The highest BCUT2D eigenvalue weighted by Crippen LogP contribution is 2.29. The number of hydrogen-bond donors (Lipinski definition) is 0. The van der Waals surface area contributed by atoms with Crippen molar-refractivity contribution in [3.8, 4) is 5.75 Å². The number of halogens is 1. The SMILES string of the molecule is CC(=O)c1cc(Cl)ccc1OCC1CN(C(=O)CSc2nc3ccccc3s2)CCO1. The fraction of sp³-hybridized carbons (Fsp3) is 0.318. The van der Waals surface area contributed by atoms with Gasteiger partial charge in [0.2, 0.25) is 5.91 Å². The molecule has 0 spiro atoms. The number of hydrogen-bond acceptors (Lipinski definition) is 7. The van der Waals surface area contributed by atoms with Gasteiger partial charge in [0.1, 0.15) is 18.5 Å². The van der Waals surface area contributed by atoms with Gasteiger partial charge in [-0.3, -0.25) is 9.59 Å². The van der Waals surface area contributed by atoms with Crippen LogP contribution in [0.5, 0.6) is 5.75 Å². The van der Waals surface area contributed by atoms with Crippen molar-refractivity contribution in [2.45, 2.75) is 17.4 Å². The summed E-state index contributed by atoms with van der Waals surface area (Å²) in [6, 6.07) is 12.9. The van der Waals surface area contributed by atoms with Crippen molar-refractivity contribution in [1.29, 1.82) is 0 Å². The van der Waals surface area contributed by atoms with Crippen LogP contribution in [0.3, 0.4) is 0 Å². The quantitative estimate of drug-likeness (QED) is 0.368. The summed E-state index contributed by atoms with van der Waals surface area (Å²) in [5, 5.41) is 0.480. The third kappa shape index (κ3) is 5.57. The predicted octanol–water partition coefficient (Wildman–Crippen LogP) is 4.55. The molecule has 0 bridgehead atoms. The first kappa shape index (κ1) is 22.1. The first-order valence-corrected chi connectivity index (χ1v) is 12.0. The number of thiazole rings is 1. The summed E-state index contributed by atoms with van der Waals surface area (Å²) in [4.78, 5) is 30.9. The Morgan fingerprint density at radius 2 is 2.16 bits per heavy atom. The summed E-state index contributed by atoms with van der Waals surface area (Å²) >= 11 is 9.03. The van der Waals surface area contributed by atoms with E-state index in [2.05, 4.69) is 4.98 Å². The third-order valence-corrected chi connectivity index (χ3v) is 7.23. The number of benzene rings is 2. The first-order chi connectivity index (χ1) is 15.0. The molecule has 9 heteroatoms. The van der Waals surface area contributed by atoms with Crippen molar-refractivity contribution in [3.63, 3.8) is 0 Å². The largest absolute Gasteiger partial charge is 0.490 e. The Labute approximate surface area is 193 Å². The van der Waals surface area contributed by atoms with Crippen LogP contribution < -0.4 is 4.74 Å². The molecule has 0 saturated carbocycles. The highest BCUT2D eigenvalue weighted by Gasteiger charge is 2.25. The maximum atomic E-state index is 12.7. The molecule has 162 valence electrons. The van der Waals surface area contributed by atoms with Crippen LogP contribution in [0.2, 0.25) is 5.02 Å². The second-order valence-electron chi connectivity index (χ2n) is 7.08. The lowest BCUT2D eigenvalue weighted by Gasteiger charge is -2.32. The molecule has 2 aromatic carbocycles. The molecule has 1 aliphatic heterocycles. The minimum Gasteiger partial charge on any atom is -0.490 e. The van der Waals surface area contributed by atoms with E-state index in [0.717, 1.165) is 14.6 Å². The fourth-order valence-corrected chi connectivity index (χ4v) is 5.40. The van der Waals surface area contributed by atoms with Crippen molar-refractivity contribution in [2.24, 2.45) is 0 Å². The van der Waals surface area contributed by atoms with Crippen molar-refractivity contribution < 1.29 is 19.1 Å². The van der Waals surface area contributed by atoms with Crippen molar-refractivity contribution in [1.82, 2.24) is 9.88 Å². The van der Waals surface area contributed by atoms with E-state index in [1.165, 1.54) is 18.7 Å². The number of thioether (sulfide) groups is 1. The van der Waals surface area contributed by atoms with Crippen LogP contribution in [0.1, 0.15) is 17.3 Å². The topological polar surface area (TPSA) is 68.7 Å². The van der Waals surface area contributed by atoms with E-state index in [9.17, 15) is 9.59 Å². The average molecular weight is 477 g/mol. The van der Waals surface area contributed by atoms with E-state index >= 15 is 0 Å². The van der Waals surface area contributed by atoms with Crippen LogP contribution in [0.4, 0.5) is 0 Å². The Morgan fingerprint density at radius 3 is 2.97 bits per heavy atom. The molecule has 1 atom stereocenters. The van der Waals surface area contributed by atoms with Crippen molar-refractivity contribution in [3.05, 3.63) is 53.1 Å². The van der Waals surface area contributed by atoms with Gasteiger partial charge in [0.25, 0.3) is 0 Å². The second-order valence-corrected chi connectivity index (χ2v) is 9.77. The van der Waals surface area contributed by atoms with Gasteiger partial charge in [0.15, 0.2) is 10.1 Å². The number of rotatable bonds is 7. The number of nitrogens with zero attached hydrogens (tertiary/aromatic N) is 2. The van der Waals surface area contributed by atoms with Crippen molar-refractivity contribution >= 4 is 56.6 Å². The Balaban J connectivity index is 1.31. The molecule has 6 nitrogen and oxygen atoms in total. The molecular formula is C22H21ClN2O4S2. The summed E-state index contributed by atoms with van der Waals surface area (Å²) in [5.41, 5.74) is 1.39. The maximum absolute atomic E-state index is 12.7. The number of ketones is 1. The molecule has 0 radical (unpaired) electrons. The van der Waals surface area contributed by atoms with E-state index in [1.54, 1.807) is 34.4 Å². The number of amides is 1. The van der Waals surface area contributed by atoms with Gasteiger partial charge in [-0.25, -0.2) is 4.98 Å². The Hall–Kier alpha value is -2.13. The van der Waals surface area contributed by atoms with Gasteiger partial charge in [-0.05, 0) is 37.3 Å². The third-order valence-electron chi connectivity index (χ3n) is 4.83. The van der Waals surface area contributed by atoms with Gasteiger partial charge in [-0.15, -0.1) is 11.3 Å². The molecule has 1 saturated heterocycles. The maximum Gasteiger partial charge on any atom is 0.233 e. The lowest BCUT2D eigenvalue weighted by atomic mass is 10.1. The standard InChI is InChI=1S/C22H21ClN2O4S2/c1-14(26)17-10-15(23)6-7-19(17)29-12-16-11-25(8-9-28-16)21(27)13-30-22-24-18-4-2-3-5-20(18)31-22/h2-7,10,16H,8-9,11-13H2,1H3. The van der Waals surface area contributed by atoms with Crippen LogP contribution in [-0.4, -0.2) is 59.7 Å². The van der Waals surface area contributed by atoms with E-state index in [0.29, 0.717) is 41.8 Å². The molecule has 3 aromatic rings. The molecule has 1 aromatic heterocycles. The average Bonchev–Trinajstić information content (AvgIpc) is 3.19. The number of para-hydroxylation sites is 1. The monoisotopic (exact) mass is 476 g/mol. The number of morpholine rings is 1. The zero-order valence-electron chi connectivity index (χ0n) is 16.9. The number of aromatic nitrogens is 1. The Kier molecular flexibility index (Phi) is 7.12. The van der Waals surface area contributed by atoms with Crippen LogP contribution in [0.15, 0.2) is 46.8 Å². The number of carbonyl (C=O) groups is 2. The van der Waals surface area contributed by atoms with Crippen LogP contribution in [0.25, 0.3) is 10.2 Å². The Morgan fingerprint density at radius 1 is 1.32 bits per heavy atom. The first-order valence-electron chi connectivity index (χ1n) is 9.80. The minimum atomic E-state index is -0.263. The molecule has 0 aliphatic carbocycles. The molecule has 4 rings (SSSR count). The molecule has 1 amide bonds. The Bertz CT molecular complexity index is 1070. The number of carbonyl (C=O) groups excluding carboxylic acids is 2. The van der Waals surface area contributed by atoms with Gasteiger partial charge in [-0.2, -0.15) is 0 Å².